The number of nitrogen functional groups attached to an aromatic ring is 1. The van der Waals surface area contributed by atoms with E-state index in [0.717, 1.165) is 18.4 Å². The number of carbonyl (C=O) groups is 1. The molecule has 1 atom stereocenters. The first-order chi connectivity index (χ1) is 21.8. The summed E-state index contributed by atoms with van der Waals surface area (Å²) in [4.78, 5) is 45.3. The average Bonchev–Trinajstić information content (AvgIpc) is 3.00. The Labute approximate surface area is 277 Å². The monoisotopic (exact) mass is 663 g/mol. The van der Waals surface area contributed by atoms with Crippen LogP contribution in [0.25, 0.3) is 0 Å². The van der Waals surface area contributed by atoms with Crippen molar-refractivity contribution in [3.8, 4) is 0 Å². The summed E-state index contributed by atoms with van der Waals surface area (Å²) >= 11 is 0. The minimum Gasteiger partial charge on any atom is -0.383 e. The first-order valence-corrected chi connectivity index (χ1v) is 19.9. The van der Waals surface area contributed by atoms with Gasteiger partial charge in [-0.25, -0.2) is 0 Å². The van der Waals surface area contributed by atoms with Crippen LogP contribution in [0.15, 0.2) is 6.07 Å². The van der Waals surface area contributed by atoms with E-state index in [2.05, 4.69) is 15.6 Å². The summed E-state index contributed by atoms with van der Waals surface area (Å²) in [5.41, 5.74) is 5.78. The molecule has 2 aliphatic carbocycles. The van der Waals surface area contributed by atoms with Gasteiger partial charge < -0.3 is 31.1 Å². The largest absolute Gasteiger partial charge is 0.383 e. The lowest BCUT2D eigenvalue weighted by molar-refractivity contribution is -0.128. The molecule has 0 radical (unpaired) electrons. The lowest BCUT2D eigenvalue weighted by atomic mass is 9.79. The van der Waals surface area contributed by atoms with Crippen molar-refractivity contribution in [2.24, 2.45) is 17.8 Å². The maximum Gasteiger partial charge on any atom is 0.326 e. The van der Waals surface area contributed by atoms with Gasteiger partial charge in [0.15, 0.2) is 0 Å². The molecule has 0 aromatic carbocycles. The molecule has 11 nitrogen and oxygen atoms in total. The molecule has 2 saturated carbocycles. The van der Waals surface area contributed by atoms with Crippen LogP contribution in [-0.2, 0) is 9.36 Å². The Morgan fingerprint density at radius 1 is 0.935 bits per heavy atom. The van der Waals surface area contributed by atoms with Crippen molar-refractivity contribution in [2.75, 3.05) is 54.8 Å². The highest BCUT2D eigenvalue weighted by atomic mass is 31.2. The molecule has 1 aromatic rings. The lowest BCUT2D eigenvalue weighted by Gasteiger charge is -2.42. The second kappa shape index (κ2) is 17.5. The minimum atomic E-state index is -4.19. The molecule has 3 fully saturated rings. The summed E-state index contributed by atoms with van der Waals surface area (Å²) < 4.78 is 11.6. The van der Waals surface area contributed by atoms with Crippen LogP contribution in [-0.4, -0.2) is 81.0 Å². The third-order valence-electron chi connectivity index (χ3n) is 10.2. The number of amides is 1. The standard InChI is InChI=1S/C34H62N7O4P/c1-34(2,3)39-32(42)29-25-41(20-19-40(29)21-22-46(43,44)45)31-23-30(35)37-33(38-31)36-24-28-17-15-27(16-18-28)14-8-5-4-7-11-26-12-9-6-10-13-26/h23,26-29H,4-22,24-25H2,1-3H3,(H,39,42)(H2,43,44,45)(H3,35,36,37,38)/t27?,28?,29-/m0/s1. The van der Waals surface area contributed by atoms with E-state index < -0.39 is 19.2 Å². The Balaban J connectivity index is 1.21. The molecule has 1 aliphatic heterocycles. The van der Waals surface area contributed by atoms with Crippen LogP contribution in [0, 0.1) is 17.8 Å². The molecule has 4 rings (SSSR count). The molecule has 262 valence electrons. The van der Waals surface area contributed by atoms with E-state index in [9.17, 15) is 19.1 Å². The van der Waals surface area contributed by atoms with Crippen molar-refractivity contribution in [3.05, 3.63) is 6.07 Å². The summed E-state index contributed by atoms with van der Waals surface area (Å²) in [5, 5.41) is 6.48. The number of nitrogens with zero attached hydrogens (tertiary/aromatic N) is 4. The smallest absolute Gasteiger partial charge is 0.326 e. The van der Waals surface area contributed by atoms with E-state index in [1.165, 1.54) is 96.3 Å². The van der Waals surface area contributed by atoms with Gasteiger partial charge in [-0.3, -0.25) is 14.3 Å². The molecule has 0 unspecified atom stereocenters. The summed E-state index contributed by atoms with van der Waals surface area (Å²) in [6, 6.07) is 1.15. The zero-order valence-electron chi connectivity index (χ0n) is 28.8. The van der Waals surface area contributed by atoms with E-state index in [-0.39, 0.29) is 18.6 Å². The number of nitrogens with two attached hydrogens (primary N) is 1. The third kappa shape index (κ3) is 12.9. The highest BCUT2D eigenvalue weighted by Gasteiger charge is 2.35. The molecule has 1 aromatic heterocycles. The first kappa shape index (κ1) is 36.9. The average molecular weight is 664 g/mol. The predicted octanol–water partition coefficient (Wildman–Crippen LogP) is 5.78. The highest BCUT2D eigenvalue weighted by Crippen LogP contribution is 2.35. The summed E-state index contributed by atoms with van der Waals surface area (Å²) in [6.45, 7) is 8.08. The molecule has 3 aliphatic rings. The summed E-state index contributed by atoms with van der Waals surface area (Å²) in [6.07, 6.45) is 20.6. The van der Waals surface area contributed by atoms with Gasteiger partial charge in [0.2, 0.25) is 11.9 Å². The quantitative estimate of drug-likeness (QED) is 0.115. The van der Waals surface area contributed by atoms with E-state index >= 15 is 0 Å². The number of carbonyl (C=O) groups excluding carboxylic acids is 1. The van der Waals surface area contributed by atoms with Gasteiger partial charge in [-0.2, -0.15) is 9.97 Å². The number of hydrogen-bond acceptors (Lipinski definition) is 8. The number of piperazine rings is 1. The van der Waals surface area contributed by atoms with Crippen molar-refractivity contribution in [2.45, 2.75) is 129 Å². The predicted molar refractivity (Wildman–Crippen MR) is 187 cm³/mol. The minimum absolute atomic E-state index is 0.141. The molecular formula is C34H62N7O4P. The zero-order valence-corrected chi connectivity index (χ0v) is 29.7. The fraction of sp³-hybridized carbons (Fsp3) is 0.853. The molecule has 1 amide bonds. The molecule has 0 bridgehead atoms. The van der Waals surface area contributed by atoms with E-state index in [4.69, 9.17) is 10.7 Å². The first-order valence-electron chi connectivity index (χ1n) is 18.1. The van der Waals surface area contributed by atoms with Crippen LogP contribution in [0.1, 0.15) is 117 Å². The van der Waals surface area contributed by atoms with Crippen LogP contribution in [0.5, 0.6) is 0 Å². The number of nitrogens with one attached hydrogen (secondary N) is 2. The van der Waals surface area contributed by atoms with Crippen molar-refractivity contribution in [3.63, 3.8) is 0 Å². The Morgan fingerprint density at radius 2 is 1.57 bits per heavy atom. The van der Waals surface area contributed by atoms with Crippen LogP contribution < -0.4 is 21.3 Å². The zero-order chi connectivity index (χ0) is 33.2. The number of aromatic nitrogens is 2. The van der Waals surface area contributed by atoms with Gasteiger partial charge in [-0.1, -0.05) is 83.5 Å². The van der Waals surface area contributed by atoms with Crippen LogP contribution in [0.2, 0.25) is 0 Å². The van der Waals surface area contributed by atoms with Gasteiger partial charge in [0.25, 0.3) is 0 Å². The molecule has 46 heavy (non-hydrogen) atoms. The van der Waals surface area contributed by atoms with Gasteiger partial charge in [0.1, 0.15) is 17.7 Å². The van der Waals surface area contributed by atoms with E-state index in [0.29, 0.717) is 43.1 Å². The Hall–Kier alpha value is -1.94. The second-order valence-corrected chi connectivity index (χ2v) is 17.1. The molecule has 12 heteroatoms. The third-order valence-corrected chi connectivity index (χ3v) is 11.0. The Morgan fingerprint density at radius 3 is 2.20 bits per heavy atom. The number of rotatable bonds is 15. The summed E-state index contributed by atoms with van der Waals surface area (Å²) in [5.74, 6) is 3.84. The molecule has 2 heterocycles. The van der Waals surface area contributed by atoms with E-state index in [1.807, 2.05) is 30.6 Å². The van der Waals surface area contributed by atoms with Gasteiger partial charge >= 0.3 is 7.60 Å². The Kier molecular flexibility index (Phi) is 14.0. The highest BCUT2D eigenvalue weighted by molar-refractivity contribution is 7.51. The summed E-state index contributed by atoms with van der Waals surface area (Å²) in [7, 11) is -4.19. The normalized spacial score (nSPS) is 23.8. The van der Waals surface area contributed by atoms with Gasteiger partial charge in [-0.15, -0.1) is 0 Å². The number of anilines is 3. The second-order valence-electron chi connectivity index (χ2n) is 15.4. The number of unbranched alkanes of at least 4 members (excludes halogenated alkanes) is 3. The fourth-order valence-corrected chi connectivity index (χ4v) is 8.12. The van der Waals surface area contributed by atoms with Crippen molar-refractivity contribution in [1.82, 2.24) is 20.2 Å². The van der Waals surface area contributed by atoms with Crippen LogP contribution in [0.3, 0.4) is 0 Å². The van der Waals surface area contributed by atoms with Gasteiger partial charge in [-0.05, 0) is 51.4 Å². The SMILES string of the molecule is CC(C)(C)NC(=O)[C@@H]1CN(c2cc(N)nc(NCC3CCC(CCCCCCC4CCCCC4)CC3)n2)CCN1CCP(=O)(O)O. The topological polar surface area (TPSA) is 157 Å². The molecule has 6 N–H and O–H groups in total. The van der Waals surface area contributed by atoms with Gasteiger partial charge in [0, 0.05) is 44.3 Å². The van der Waals surface area contributed by atoms with Crippen molar-refractivity contribution in [1.29, 1.82) is 0 Å². The maximum atomic E-state index is 13.3. The Bertz CT molecular complexity index is 1130. The molecule has 1 saturated heterocycles. The molecule has 0 spiro atoms. The van der Waals surface area contributed by atoms with Crippen molar-refractivity contribution < 1.29 is 19.1 Å². The molecular weight excluding hydrogens is 601 g/mol. The van der Waals surface area contributed by atoms with Gasteiger partial charge in [0.05, 0.1) is 6.16 Å². The van der Waals surface area contributed by atoms with Crippen molar-refractivity contribution >= 4 is 31.1 Å². The fourth-order valence-electron chi connectivity index (χ4n) is 7.61. The van der Waals surface area contributed by atoms with Crippen LogP contribution >= 0.6 is 7.60 Å². The van der Waals surface area contributed by atoms with E-state index in [1.54, 1.807) is 6.07 Å². The van der Waals surface area contributed by atoms with Crippen LogP contribution in [0.4, 0.5) is 17.6 Å². The maximum absolute atomic E-state index is 13.3. The number of hydrogen-bond donors (Lipinski definition) is 5. The lowest BCUT2D eigenvalue weighted by Crippen LogP contribution is -2.61.